The van der Waals surface area contributed by atoms with Crippen molar-refractivity contribution in [3.05, 3.63) is 0 Å². The summed E-state index contributed by atoms with van der Waals surface area (Å²) in [5, 5.41) is 15.3. The second-order valence-electron chi connectivity index (χ2n) is 1.82. The fourth-order valence-electron chi connectivity index (χ4n) is 0. The topological polar surface area (TPSA) is 103 Å². The van der Waals surface area contributed by atoms with Crippen LogP contribution in [-0.4, -0.2) is 17.2 Å². The van der Waals surface area contributed by atoms with Gasteiger partial charge in [0.15, 0.2) is 0 Å². The Morgan fingerprint density at radius 3 is 1.55 bits per heavy atom. The maximum absolute atomic E-state index is 9.92. The van der Waals surface area contributed by atoms with E-state index in [4.69, 9.17) is 20.7 Å². The Morgan fingerprint density at radius 1 is 1.45 bits per heavy atom. The Hall–Kier alpha value is 0.376. The van der Waals surface area contributed by atoms with Crippen molar-refractivity contribution in [2.45, 2.75) is 13.8 Å². The van der Waals surface area contributed by atoms with Crippen LogP contribution in [0.1, 0.15) is 13.8 Å². The summed E-state index contributed by atoms with van der Waals surface area (Å²) >= 11 is 0. The number of carboxylic acid groups (broad SMARTS) is 2. The van der Waals surface area contributed by atoms with Crippen LogP contribution in [0.2, 0.25) is 0 Å². The predicted molar refractivity (Wildman–Crippen MR) is 32.1 cm³/mol. The van der Waals surface area contributed by atoms with Crippen LogP contribution in [-0.2, 0) is 4.79 Å². The maximum Gasteiger partial charge on any atom is 1.00 e. The van der Waals surface area contributed by atoms with Crippen LogP contribution in [0.25, 0.3) is 0 Å². The summed E-state index contributed by atoms with van der Waals surface area (Å²) in [5.41, 5.74) is 4.80. The molecule has 0 saturated heterocycles. The quantitative estimate of drug-likeness (QED) is 0.408. The van der Waals surface area contributed by atoms with Crippen molar-refractivity contribution >= 4 is 12.1 Å². The van der Waals surface area contributed by atoms with Gasteiger partial charge in [-0.05, 0) is 0 Å². The molecular weight excluding hydrogens is 177 g/mol. The van der Waals surface area contributed by atoms with Gasteiger partial charge in [0, 0.05) is 5.92 Å². The van der Waals surface area contributed by atoms with E-state index in [2.05, 4.69) is 0 Å². The van der Waals surface area contributed by atoms with Crippen LogP contribution in [0.15, 0.2) is 0 Å². The smallest absolute Gasteiger partial charge is 0.565 e. The first kappa shape index (κ1) is 17.5. The predicted octanol–water partition coefficient (Wildman–Crippen LogP) is -3.98. The molecule has 0 bridgehead atoms. The molecule has 0 fully saturated rings. The van der Waals surface area contributed by atoms with Crippen molar-refractivity contribution in [1.29, 1.82) is 0 Å². The molecule has 0 aliphatic carbocycles. The zero-order valence-corrected chi connectivity index (χ0v) is 9.95. The summed E-state index contributed by atoms with van der Waals surface area (Å²) in [4.78, 5) is 18.4. The fourth-order valence-corrected chi connectivity index (χ4v) is 0. The number of hydrogen-bond donors (Lipinski definition) is 2. The molecule has 0 spiro atoms. The first-order chi connectivity index (χ1) is 4.37. The minimum Gasteiger partial charge on any atom is -0.565 e. The molecule has 0 aromatic carbocycles. The molecule has 5 nitrogen and oxygen atoms in total. The van der Waals surface area contributed by atoms with E-state index < -0.39 is 6.16 Å². The normalized spacial score (nSPS) is 7.18. The number of amides is 1. The third-order valence-electron chi connectivity index (χ3n) is 0.569. The third kappa shape index (κ3) is 38.0. The molecule has 0 atom stereocenters. The number of primary amides is 1. The number of hydrogen-bond acceptors (Lipinski definition) is 3. The molecule has 11 heavy (non-hydrogen) atoms. The Kier molecular flexibility index (Phi) is 16.5. The van der Waals surface area contributed by atoms with Crippen molar-refractivity contribution in [2.75, 3.05) is 0 Å². The molecule has 0 saturated carbocycles. The molecule has 0 aromatic rings. The first-order valence-electron chi connectivity index (χ1n) is 2.57. The van der Waals surface area contributed by atoms with Gasteiger partial charge in [-0.25, -0.2) is 0 Å². The second-order valence-corrected chi connectivity index (χ2v) is 1.82. The number of nitrogens with two attached hydrogens (primary N) is 1. The van der Waals surface area contributed by atoms with Gasteiger partial charge in [0.2, 0.25) is 12.1 Å². The van der Waals surface area contributed by atoms with Crippen LogP contribution < -0.4 is 62.2 Å². The Bertz CT molecular complexity index is 122. The molecule has 0 rings (SSSR count). The minimum absolute atomic E-state index is 0. The zero-order chi connectivity index (χ0) is 8.73. The minimum atomic E-state index is -2.08. The van der Waals surface area contributed by atoms with Crippen molar-refractivity contribution in [3.8, 4) is 0 Å². The summed E-state index contributed by atoms with van der Waals surface area (Å²) in [7, 11) is 0. The van der Waals surface area contributed by atoms with Gasteiger partial charge >= 0.3 is 51.4 Å². The van der Waals surface area contributed by atoms with Gasteiger partial charge in [-0.1, -0.05) is 13.8 Å². The molecule has 0 aliphatic heterocycles. The average molecular weight is 187 g/mol. The molecule has 0 unspecified atom stereocenters. The summed E-state index contributed by atoms with van der Waals surface area (Å²) in [5.74, 6) is -0.250. The molecule has 0 aliphatic rings. The Balaban J connectivity index is -0.000000114. The van der Waals surface area contributed by atoms with E-state index >= 15 is 0 Å². The van der Waals surface area contributed by atoms with Gasteiger partial charge in [-0.2, -0.15) is 0 Å². The van der Waals surface area contributed by atoms with Crippen molar-refractivity contribution < 1.29 is 71.2 Å². The van der Waals surface area contributed by atoms with Crippen molar-refractivity contribution in [1.82, 2.24) is 0 Å². The standard InChI is InChI=1S/C4H9NO.CH2O3.K/c1-3(2)4(5)6;2-1(3)4;/h3H,1-2H3,(H2,5,6);(H2,2,3,4);/q;;+1/p-1. The van der Waals surface area contributed by atoms with E-state index in [1.165, 1.54) is 0 Å². The largest absolute Gasteiger partial charge is 1.00 e. The van der Waals surface area contributed by atoms with Crippen molar-refractivity contribution in [2.24, 2.45) is 11.7 Å². The molecule has 0 aromatic heterocycles. The van der Waals surface area contributed by atoms with E-state index in [1.54, 1.807) is 13.8 Å². The van der Waals surface area contributed by atoms with Crippen LogP contribution in [0, 0.1) is 5.92 Å². The van der Waals surface area contributed by atoms with Crippen molar-refractivity contribution in [3.63, 3.8) is 0 Å². The van der Waals surface area contributed by atoms with Gasteiger partial charge in [0.1, 0.15) is 0 Å². The maximum atomic E-state index is 9.92. The number of carbonyl (C=O) groups is 2. The summed E-state index contributed by atoms with van der Waals surface area (Å²) < 4.78 is 0. The summed E-state index contributed by atoms with van der Waals surface area (Å²) in [6, 6.07) is 0. The molecular formula is C5H10KNO4. The van der Waals surface area contributed by atoms with E-state index in [-0.39, 0.29) is 63.2 Å². The molecule has 3 N–H and O–H groups in total. The zero-order valence-electron chi connectivity index (χ0n) is 6.83. The molecule has 6 heteroatoms. The van der Waals surface area contributed by atoms with E-state index in [0.717, 1.165) is 0 Å². The molecule has 60 valence electrons. The number of rotatable bonds is 1. The Morgan fingerprint density at radius 2 is 1.55 bits per heavy atom. The second kappa shape index (κ2) is 10.4. The van der Waals surface area contributed by atoms with Gasteiger partial charge in [0.25, 0.3) is 0 Å². The monoisotopic (exact) mass is 187 g/mol. The summed E-state index contributed by atoms with van der Waals surface area (Å²) in [6.07, 6.45) is -2.08. The Labute approximate surface area is 107 Å². The number of carbonyl (C=O) groups excluding carboxylic acids is 1. The summed E-state index contributed by atoms with van der Waals surface area (Å²) in [6.45, 7) is 3.53. The molecule has 1 amide bonds. The van der Waals surface area contributed by atoms with Gasteiger partial charge in [-0.15, -0.1) is 0 Å². The van der Waals surface area contributed by atoms with Gasteiger partial charge in [0.05, 0.1) is 0 Å². The van der Waals surface area contributed by atoms with E-state index in [9.17, 15) is 4.79 Å². The van der Waals surface area contributed by atoms with E-state index in [0.29, 0.717) is 0 Å². The fraction of sp³-hybridized carbons (Fsp3) is 0.600. The van der Waals surface area contributed by atoms with Crippen LogP contribution >= 0.6 is 0 Å². The van der Waals surface area contributed by atoms with Crippen LogP contribution in [0.5, 0.6) is 0 Å². The first-order valence-corrected chi connectivity index (χ1v) is 2.57. The molecule has 0 heterocycles. The van der Waals surface area contributed by atoms with Gasteiger partial charge < -0.3 is 20.7 Å². The van der Waals surface area contributed by atoms with E-state index in [1.807, 2.05) is 0 Å². The third-order valence-corrected chi connectivity index (χ3v) is 0.569. The van der Waals surface area contributed by atoms with Gasteiger partial charge in [-0.3, -0.25) is 4.79 Å². The van der Waals surface area contributed by atoms with Crippen LogP contribution in [0.4, 0.5) is 4.79 Å². The average Bonchev–Trinajstić information content (AvgIpc) is 1.63. The SMILES string of the molecule is CC(C)C(N)=O.O=C([O-])O.[K+]. The van der Waals surface area contributed by atoms with Crippen LogP contribution in [0.3, 0.4) is 0 Å². The molecule has 0 radical (unpaired) electrons.